The molecule has 0 spiro atoms. The molecule has 5 nitrogen and oxygen atoms in total. The molecule has 1 amide bonds. The summed E-state index contributed by atoms with van der Waals surface area (Å²) in [6, 6.07) is 16.4. The van der Waals surface area contributed by atoms with Crippen LogP contribution >= 0.6 is 11.6 Å². The Kier molecular flexibility index (Phi) is 4.17. The Hall–Kier alpha value is -2.57. The quantitative estimate of drug-likeness (QED) is 0.747. The molecule has 3 aromatic rings. The van der Waals surface area contributed by atoms with Crippen molar-refractivity contribution in [1.29, 1.82) is 0 Å². The Morgan fingerprint density at radius 3 is 2.38 bits per heavy atom. The second kappa shape index (κ2) is 6.14. The van der Waals surface area contributed by atoms with Crippen LogP contribution < -0.4 is 10.5 Å². The summed E-state index contributed by atoms with van der Waals surface area (Å²) < 4.78 is 27.6. The molecule has 0 unspecified atom stereocenters. The van der Waals surface area contributed by atoms with Crippen molar-refractivity contribution in [1.82, 2.24) is 0 Å². The number of sulfonamides is 1. The predicted molar refractivity (Wildman–Crippen MR) is 94.7 cm³/mol. The molecule has 0 atom stereocenters. The number of rotatable bonds is 4. The summed E-state index contributed by atoms with van der Waals surface area (Å²) in [5.41, 5.74) is 5.37. The first-order valence-corrected chi connectivity index (χ1v) is 8.84. The maximum absolute atomic E-state index is 12.6. The minimum Gasteiger partial charge on any atom is -0.366 e. The Morgan fingerprint density at radius 1 is 0.958 bits per heavy atom. The third-order valence-corrected chi connectivity index (χ3v) is 5.12. The van der Waals surface area contributed by atoms with Crippen LogP contribution in [0.3, 0.4) is 0 Å². The van der Waals surface area contributed by atoms with E-state index in [4.69, 9.17) is 17.3 Å². The number of primary amides is 1. The summed E-state index contributed by atoms with van der Waals surface area (Å²) in [6.07, 6.45) is 0. The summed E-state index contributed by atoms with van der Waals surface area (Å²) in [5.74, 6) is -0.770. The van der Waals surface area contributed by atoms with Crippen molar-refractivity contribution in [3.05, 3.63) is 71.2 Å². The van der Waals surface area contributed by atoms with Crippen LogP contribution in [-0.2, 0) is 10.0 Å². The summed E-state index contributed by atoms with van der Waals surface area (Å²) in [6.45, 7) is 0. The summed E-state index contributed by atoms with van der Waals surface area (Å²) >= 11 is 5.83. The van der Waals surface area contributed by atoms with E-state index in [-0.39, 0.29) is 21.2 Å². The number of benzene rings is 3. The highest BCUT2D eigenvalue weighted by molar-refractivity contribution is 7.92. The number of carbonyl (C=O) groups is 1. The normalized spacial score (nSPS) is 11.4. The third-order valence-electron chi connectivity index (χ3n) is 3.52. The minimum atomic E-state index is -3.87. The van der Waals surface area contributed by atoms with Gasteiger partial charge < -0.3 is 5.73 Å². The van der Waals surface area contributed by atoms with E-state index in [1.807, 2.05) is 24.3 Å². The smallest absolute Gasteiger partial charge is 0.261 e. The molecule has 0 heterocycles. The molecule has 0 aliphatic carbocycles. The summed E-state index contributed by atoms with van der Waals surface area (Å²) in [5, 5.41) is 2.02. The van der Waals surface area contributed by atoms with Crippen LogP contribution in [0.4, 0.5) is 5.69 Å². The molecule has 0 radical (unpaired) electrons. The third kappa shape index (κ3) is 3.20. The van der Waals surface area contributed by atoms with E-state index >= 15 is 0 Å². The van der Waals surface area contributed by atoms with E-state index in [0.29, 0.717) is 0 Å². The van der Waals surface area contributed by atoms with Crippen LogP contribution in [0.15, 0.2) is 65.6 Å². The molecule has 0 fully saturated rings. The molecule has 0 bridgehead atoms. The fourth-order valence-corrected chi connectivity index (χ4v) is 3.63. The highest BCUT2D eigenvalue weighted by Gasteiger charge is 2.18. The number of nitrogens with one attached hydrogen (secondary N) is 1. The number of hydrogen-bond donors (Lipinski definition) is 2. The monoisotopic (exact) mass is 360 g/mol. The maximum atomic E-state index is 12.6. The zero-order chi connectivity index (χ0) is 17.3. The van der Waals surface area contributed by atoms with Gasteiger partial charge in [-0.3, -0.25) is 9.52 Å². The summed E-state index contributed by atoms with van der Waals surface area (Å²) in [7, 11) is -3.87. The lowest BCUT2D eigenvalue weighted by Gasteiger charge is -2.12. The van der Waals surface area contributed by atoms with E-state index < -0.39 is 15.9 Å². The molecule has 3 rings (SSSR count). The fraction of sp³-hybridized carbons (Fsp3) is 0. The first kappa shape index (κ1) is 16.3. The molecule has 3 aromatic carbocycles. The van der Waals surface area contributed by atoms with E-state index in [2.05, 4.69) is 4.72 Å². The molecule has 7 heteroatoms. The molecule has 0 saturated heterocycles. The van der Waals surface area contributed by atoms with Gasteiger partial charge in [0.1, 0.15) is 0 Å². The number of anilines is 1. The van der Waals surface area contributed by atoms with Crippen LogP contribution in [0.1, 0.15) is 10.4 Å². The highest BCUT2D eigenvalue weighted by atomic mass is 35.5. The van der Waals surface area contributed by atoms with Crippen molar-refractivity contribution in [2.45, 2.75) is 4.90 Å². The van der Waals surface area contributed by atoms with Gasteiger partial charge in [-0.25, -0.2) is 8.42 Å². The molecule has 0 aromatic heterocycles. The van der Waals surface area contributed by atoms with Gasteiger partial charge in [-0.05, 0) is 41.1 Å². The zero-order valence-corrected chi connectivity index (χ0v) is 13.9. The molecular weight excluding hydrogens is 348 g/mol. The number of amides is 1. The van der Waals surface area contributed by atoms with Crippen molar-refractivity contribution in [3.8, 4) is 0 Å². The Bertz CT molecular complexity index is 1050. The van der Waals surface area contributed by atoms with Crippen LogP contribution in [0, 0.1) is 0 Å². The number of fused-ring (bicyclic) bond motifs is 1. The van der Waals surface area contributed by atoms with Gasteiger partial charge in [0.2, 0.25) is 0 Å². The van der Waals surface area contributed by atoms with Gasteiger partial charge in [0.05, 0.1) is 16.1 Å². The fourth-order valence-electron chi connectivity index (χ4n) is 2.35. The van der Waals surface area contributed by atoms with Gasteiger partial charge in [-0.1, -0.05) is 41.9 Å². The largest absolute Gasteiger partial charge is 0.366 e. The predicted octanol–water partition coefficient (Wildman–Crippen LogP) is 3.39. The van der Waals surface area contributed by atoms with Crippen LogP contribution in [0.5, 0.6) is 0 Å². The van der Waals surface area contributed by atoms with Crippen molar-refractivity contribution in [2.75, 3.05) is 4.72 Å². The topological polar surface area (TPSA) is 89.3 Å². The molecule has 3 N–H and O–H groups in total. The second-order valence-corrected chi connectivity index (χ2v) is 7.29. The molecule has 122 valence electrons. The Balaban J connectivity index is 2.03. The summed E-state index contributed by atoms with van der Waals surface area (Å²) in [4.78, 5) is 11.6. The van der Waals surface area contributed by atoms with Gasteiger partial charge in [0, 0.05) is 5.02 Å². The lowest BCUT2D eigenvalue weighted by molar-refractivity contribution is 0.100. The van der Waals surface area contributed by atoms with E-state index in [9.17, 15) is 13.2 Å². The van der Waals surface area contributed by atoms with Crippen molar-refractivity contribution in [2.24, 2.45) is 5.73 Å². The molecule has 24 heavy (non-hydrogen) atoms. The lowest BCUT2D eigenvalue weighted by atomic mass is 10.1. The minimum absolute atomic E-state index is 0.00636. The molecular formula is C17H13ClN2O3S. The van der Waals surface area contributed by atoms with Crippen molar-refractivity contribution >= 4 is 44.0 Å². The maximum Gasteiger partial charge on any atom is 0.261 e. The van der Waals surface area contributed by atoms with E-state index in [0.717, 1.165) is 10.8 Å². The number of hydrogen-bond acceptors (Lipinski definition) is 3. The van der Waals surface area contributed by atoms with Crippen molar-refractivity contribution in [3.63, 3.8) is 0 Å². The number of nitrogens with two attached hydrogens (primary N) is 1. The van der Waals surface area contributed by atoms with Crippen molar-refractivity contribution < 1.29 is 13.2 Å². The SMILES string of the molecule is NC(=O)c1cc(Cl)ccc1NS(=O)(=O)c1ccc2ccccc2c1. The Labute approximate surface area is 144 Å². The van der Waals surface area contributed by atoms with Gasteiger partial charge in [-0.15, -0.1) is 0 Å². The van der Waals surface area contributed by atoms with Gasteiger partial charge in [0.25, 0.3) is 15.9 Å². The molecule has 0 aliphatic heterocycles. The standard InChI is InChI=1S/C17H13ClN2O3S/c18-13-6-8-16(15(10-13)17(19)21)20-24(22,23)14-7-5-11-3-1-2-4-12(11)9-14/h1-10,20H,(H2,19,21). The average molecular weight is 361 g/mol. The van der Waals surface area contributed by atoms with E-state index in [1.165, 1.54) is 24.3 Å². The van der Waals surface area contributed by atoms with Crippen LogP contribution in [0.25, 0.3) is 10.8 Å². The lowest BCUT2D eigenvalue weighted by Crippen LogP contribution is -2.18. The highest BCUT2D eigenvalue weighted by Crippen LogP contribution is 2.25. The number of carbonyl (C=O) groups excluding carboxylic acids is 1. The Morgan fingerprint density at radius 2 is 1.67 bits per heavy atom. The van der Waals surface area contributed by atoms with Gasteiger partial charge in [0.15, 0.2) is 0 Å². The first-order valence-electron chi connectivity index (χ1n) is 6.98. The molecule has 0 aliphatic rings. The van der Waals surface area contributed by atoms with Gasteiger partial charge in [-0.2, -0.15) is 0 Å². The average Bonchev–Trinajstić information content (AvgIpc) is 2.55. The van der Waals surface area contributed by atoms with Crippen LogP contribution in [-0.4, -0.2) is 14.3 Å². The van der Waals surface area contributed by atoms with Gasteiger partial charge >= 0.3 is 0 Å². The second-order valence-electron chi connectivity index (χ2n) is 5.17. The van der Waals surface area contributed by atoms with E-state index in [1.54, 1.807) is 12.1 Å². The zero-order valence-electron chi connectivity index (χ0n) is 12.4. The van der Waals surface area contributed by atoms with Crippen LogP contribution in [0.2, 0.25) is 5.02 Å². The number of halogens is 1. The first-order chi connectivity index (χ1) is 11.4. The molecule has 0 saturated carbocycles.